The van der Waals surface area contributed by atoms with Crippen molar-refractivity contribution in [2.75, 3.05) is 0 Å². The Morgan fingerprint density at radius 2 is 2.12 bits per heavy atom. The van der Waals surface area contributed by atoms with E-state index in [-0.39, 0.29) is 11.2 Å². The molecule has 1 aromatic heterocycles. The maximum absolute atomic E-state index is 11.5. The second-order valence-electron chi connectivity index (χ2n) is 4.81. The summed E-state index contributed by atoms with van der Waals surface area (Å²) in [5.74, 6) is 1.48. The summed E-state index contributed by atoms with van der Waals surface area (Å²) in [6.07, 6.45) is 6.70. The molecule has 0 radical (unpaired) electrons. The molecular formula is C12H14N2O2. The molecule has 0 aliphatic heterocycles. The molecule has 1 saturated carbocycles. The second-order valence-corrected chi connectivity index (χ2v) is 4.81. The summed E-state index contributed by atoms with van der Waals surface area (Å²) in [4.78, 5) is 25.9. The normalized spacial score (nSPS) is 31.2. The highest BCUT2D eigenvalue weighted by Gasteiger charge is 2.37. The first-order valence-corrected chi connectivity index (χ1v) is 5.64. The van der Waals surface area contributed by atoms with Gasteiger partial charge in [0.05, 0.1) is 0 Å². The van der Waals surface area contributed by atoms with Gasteiger partial charge in [-0.25, -0.2) is 4.79 Å². The number of aromatic nitrogens is 2. The number of rotatable bonds is 1. The number of nitrogens with one attached hydrogen (secondary N) is 1. The van der Waals surface area contributed by atoms with E-state index in [9.17, 15) is 9.59 Å². The fourth-order valence-electron chi connectivity index (χ4n) is 2.91. The highest BCUT2D eigenvalue weighted by Crippen LogP contribution is 2.47. The van der Waals surface area contributed by atoms with Crippen LogP contribution in [0.2, 0.25) is 0 Å². The average Bonchev–Trinajstić information content (AvgIpc) is 2.86. The quantitative estimate of drug-likeness (QED) is 0.707. The number of allylic oxidation sites excluding steroid dienone is 2. The molecule has 0 amide bonds. The van der Waals surface area contributed by atoms with Gasteiger partial charge in [0.25, 0.3) is 5.56 Å². The molecule has 84 valence electrons. The Labute approximate surface area is 92.6 Å². The summed E-state index contributed by atoms with van der Waals surface area (Å²) in [6.45, 7) is 0. The first kappa shape index (κ1) is 9.63. The van der Waals surface area contributed by atoms with Gasteiger partial charge in [-0.2, -0.15) is 0 Å². The minimum Gasteiger partial charge on any atom is -0.311 e. The van der Waals surface area contributed by atoms with Crippen LogP contribution in [-0.2, 0) is 7.05 Å². The average molecular weight is 218 g/mol. The van der Waals surface area contributed by atoms with Crippen molar-refractivity contribution in [3.05, 3.63) is 44.8 Å². The van der Waals surface area contributed by atoms with Gasteiger partial charge in [0.1, 0.15) is 0 Å². The molecule has 3 atom stereocenters. The van der Waals surface area contributed by atoms with E-state index in [2.05, 4.69) is 17.1 Å². The Kier molecular flexibility index (Phi) is 1.93. The zero-order valence-electron chi connectivity index (χ0n) is 9.14. The summed E-state index contributed by atoms with van der Waals surface area (Å²) >= 11 is 0. The first-order valence-electron chi connectivity index (χ1n) is 5.64. The summed E-state index contributed by atoms with van der Waals surface area (Å²) in [6, 6.07) is 1.57. The number of fused-ring (bicyclic) bond motifs is 2. The molecule has 2 aliphatic carbocycles. The zero-order valence-corrected chi connectivity index (χ0v) is 9.14. The molecule has 4 heteroatoms. The number of H-pyrrole nitrogens is 1. The monoisotopic (exact) mass is 218 g/mol. The maximum Gasteiger partial charge on any atom is 0.328 e. The van der Waals surface area contributed by atoms with Gasteiger partial charge in [0.2, 0.25) is 0 Å². The van der Waals surface area contributed by atoms with Crippen LogP contribution < -0.4 is 11.2 Å². The van der Waals surface area contributed by atoms with Gasteiger partial charge in [-0.3, -0.25) is 9.36 Å². The van der Waals surface area contributed by atoms with Crippen molar-refractivity contribution < 1.29 is 0 Å². The molecule has 0 spiro atoms. The van der Waals surface area contributed by atoms with Crippen molar-refractivity contribution in [3.8, 4) is 0 Å². The van der Waals surface area contributed by atoms with Gasteiger partial charge in [-0.15, -0.1) is 0 Å². The van der Waals surface area contributed by atoms with Gasteiger partial charge in [0, 0.05) is 24.7 Å². The molecule has 0 unspecified atom stereocenters. The second kappa shape index (κ2) is 3.20. The Morgan fingerprint density at radius 1 is 1.31 bits per heavy atom. The Balaban J connectivity index is 2.05. The Hall–Kier alpha value is -1.58. The smallest absolute Gasteiger partial charge is 0.311 e. The largest absolute Gasteiger partial charge is 0.328 e. The molecule has 16 heavy (non-hydrogen) atoms. The zero-order chi connectivity index (χ0) is 11.3. The standard InChI is InChI=1S/C12H14N2O2/c1-14-11(15)6-10(13-12(14)16)9-5-7-2-3-8(9)4-7/h2-3,6-9H,4-5H2,1H3,(H,13,16)/t7-,8-,9-/m0/s1. The van der Waals surface area contributed by atoms with Gasteiger partial charge < -0.3 is 4.98 Å². The van der Waals surface area contributed by atoms with Crippen LogP contribution >= 0.6 is 0 Å². The van der Waals surface area contributed by atoms with Crippen LogP contribution in [0.1, 0.15) is 24.5 Å². The van der Waals surface area contributed by atoms with Crippen LogP contribution in [0.15, 0.2) is 27.8 Å². The van der Waals surface area contributed by atoms with Gasteiger partial charge in [-0.1, -0.05) is 12.2 Å². The fraction of sp³-hybridized carbons (Fsp3) is 0.500. The first-order chi connectivity index (χ1) is 7.65. The SMILES string of the molecule is Cn1c(=O)cc([C@H]2C[C@H]3C=C[C@H]2C3)[nH]c1=O. The third-order valence-electron chi connectivity index (χ3n) is 3.84. The van der Waals surface area contributed by atoms with E-state index in [1.165, 1.54) is 13.5 Å². The summed E-state index contributed by atoms with van der Waals surface area (Å²) in [5, 5.41) is 0. The number of aromatic amines is 1. The van der Waals surface area contributed by atoms with E-state index >= 15 is 0 Å². The van der Waals surface area contributed by atoms with Crippen molar-refractivity contribution in [1.82, 2.24) is 9.55 Å². The molecule has 1 aromatic rings. The van der Waals surface area contributed by atoms with E-state index in [0.29, 0.717) is 17.8 Å². The van der Waals surface area contributed by atoms with Crippen LogP contribution in [0, 0.1) is 11.8 Å². The third kappa shape index (κ3) is 1.29. The number of hydrogen-bond donors (Lipinski definition) is 1. The van der Waals surface area contributed by atoms with Gasteiger partial charge in [-0.05, 0) is 24.7 Å². The number of nitrogens with zero attached hydrogens (tertiary/aromatic N) is 1. The lowest BCUT2D eigenvalue weighted by atomic mass is 9.90. The van der Waals surface area contributed by atoms with Crippen molar-refractivity contribution in [2.24, 2.45) is 18.9 Å². The Bertz CT molecular complexity index is 536. The van der Waals surface area contributed by atoms with Crippen LogP contribution in [0.4, 0.5) is 0 Å². The van der Waals surface area contributed by atoms with Crippen LogP contribution in [0.3, 0.4) is 0 Å². The highest BCUT2D eigenvalue weighted by atomic mass is 16.2. The molecule has 2 aliphatic rings. The fourth-order valence-corrected chi connectivity index (χ4v) is 2.91. The summed E-state index contributed by atoms with van der Waals surface area (Å²) in [5.41, 5.74) is 0.282. The van der Waals surface area contributed by atoms with E-state index in [1.54, 1.807) is 6.07 Å². The van der Waals surface area contributed by atoms with Crippen molar-refractivity contribution in [1.29, 1.82) is 0 Å². The van der Waals surface area contributed by atoms with Crippen molar-refractivity contribution >= 4 is 0 Å². The summed E-state index contributed by atoms with van der Waals surface area (Å²) in [7, 11) is 1.49. The number of hydrogen-bond acceptors (Lipinski definition) is 2. The van der Waals surface area contributed by atoms with Gasteiger partial charge >= 0.3 is 5.69 Å². The molecule has 0 saturated heterocycles. The molecule has 1 heterocycles. The van der Waals surface area contributed by atoms with Crippen molar-refractivity contribution in [2.45, 2.75) is 18.8 Å². The lowest BCUT2D eigenvalue weighted by Gasteiger charge is -2.17. The van der Waals surface area contributed by atoms with E-state index in [4.69, 9.17) is 0 Å². The molecule has 4 nitrogen and oxygen atoms in total. The van der Waals surface area contributed by atoms with Crippen LogP contribution in [0.5, 0.6) is 0 Å². The molecule has 2 bridgehead atoms. The Morgan fingerprint density at radius 3 is 2.69 bits per heavy atom. The van der Waals surface area contributed by atoms with Crippen molar-refractivity contribution in [3.63, 3.8) is 0 Å². The van der Waals surface area contributed by atoms with Crippen LogP contribution in [-0.4, -0.2) is 9.55 Å². The van der Waals surface area contributed by atoms with Gasteiger partial charge in [0.15, 0.2) is 0 Å². The lowest BCUT2D eigenvalue weighted by molar-refractivity contribution is 0.559. The maximum atomic E-state index is 11.5. The predicted molar refractivity (Wildman–Crippen MR) is 60.4 cm³/mol. The van der Waals surface area contributed by atoms with E-state index in [1.807, 2.05) is 0 Å². The predicted octanol–water partition coefficient (Wildman–Crippen LogP) is 0.753. The minimum atomic E-state index is -0.311. The van der Waals surface area contributed by atoms with Crippen LogP contribution in [0.25, 0.3) is 0 Å². The molecular weight excluding hydrogens is 204 g/mol. The topological polar surface area (TPSA) is 54.9 Å². The molecule has 3 rings (SSSR count). The van der Waals surface area contributed by atoms with E-state index in [0.717, 1.165) is 16.7 Å². The molecule has 0 aromatic carbocycles. The third-order valence-corrected chi connectivity index (χ3v) is 3.84. The molecule has 1 N–H and O–H groups in total. The summed E-state index contributed by atoms with van der Waals surface area (Å²) < 4.78 is 1.10. The lowest BCUT2D eigenvalue weighted by Crippen LogP contribution is -2.33. The molecule has 1 fully saturated rings. The van der Waals surface area contributed by atoms with E-state index < -0.39 is 0 Å². The highest BCUT2D eigenvalue weighted by molar-refractivity contribution is 5.21. The minimum absolute atomic E-state index is 0.217.